The van der Waals surface area contributed by atoms with Crippen LogP contribution in [0.5, 0.6) is 0 Å². The maximum Gasteiger partial charge on any atom is 0.207 e. The Hall–Kier alpha value is -1.68. The molecule has 3 nitrogen and oxygen atoms in total. The summed E-state index contributed by atoms with van der Waals surface area (Å²) >= 11 is 0. The standard InChI is InChI=1S/C13H24FNO2.C8H10.C3H8/c1-5-12(14)11(6-8-15-10-16)7-9-17-13(2,3)4;1-2-8-6-4-3-5-7-8;1-3-2/h10H,5-9H2,1-4H3,(H,15,16);3-7H,2H2,1H3;3H2,1-2H3/b12-11+;;. The summed E-state index contributed by atoms with van der Waals surface area (Å²) in [6.45, 7) is 15.1. The van der Waals surface area contributed by atoms with E-state index < -0.39 is 0 Å². The highest BCUT2D eigenvalue weighted by Crippen LogP contribution is 2.18. The summed E-state index contributed by atoms with van der Waals surface area (Å²) in [5.41, 5.74) is 1.95. The van der Waals surface area contributed by atoms with Gasteiger partial charge in [0.25, 0.3) is 0 Å². The molecule has 0 heterocycles. The average molecular weight is 396 g/mol. The van der Waals surface area contributed by atoms with Gasteiger partial charge in [0.05, 0.1) is 18.0 Å². The fourth-order valence-corrected chi connectivity index (χ4v) is 2.12. The molecule has 0 aliphatic carbocycles. The number of carbonyl (C=O) groups excluding carboxylic acids is 1. The summed E-state index contributed by atoms with van der Waals surface area (Å²) in [4.78, 5) is 10.1. The van der Waals surface area contributed by atoms with Crippen LogP contribution in [0.2, 0.25) is 0 Å². The Morgan fingerprint density at radius 2 is 1.64 bits per heavy atom. The van der Waals surface area contributed by atoms with Gasteiger partial charge in [0, 0.05) is 6.54 Å². The number of hydrogen-bond donors (Lipinski definition) is 1. The van der Waals surface area contributed by atoms with Crippen molar-refractivity contribution >= 4 is 6.41 Å². The minimum atomic E-state index is -0.200. The van der Waals surface area contributed by atoms with Crippen LogP contribution in [0.25, 0.3) is 0 Å². The fourth-order valence-electron chi connectivity index (χ4n) is 2.12. The molecule has 0 aliphatic rings. The predicted octanol–water partition coefficient (Wildman–Crippen LogP) is 6.63. The molecule has 0 aliphatic heterocycles. The lowest BCUT2D eigenvalue weighted by molar-refractivity contribution is -0.109. The van der Waals surface area contributed by atoms with Crippen molar-refractivity contribution in [2.75, 3.05) is 13.2 Å². The Morgan fingerprint density at radius 3 is 2.04 bits per heavy atom. The van der Waals surface area contributed by atoms with E-state index in [4.69, 9.17) is 4.74 Å². The van der Waals surface area contributed by atoms with E-state index >= 15 is 0 Å². The maximum atomic E-state index is 13.6. The summed E-state index contributed by atoms with van der Waals surface area (Å²) in [6.07, 6.45) is 4.54. The van der Waals surface area contributed by atoms with Gasteiger partial charge < -0.3 is 10.1 Å². The second-order valence-electron chi connectivity index (χ2n) is 7.44. The van der Waals surface area contributed by atoms with E-state index in [2.05, 4.69) is 50.4 Å². The number of amides is 1. The summed E-state index contributed by atoms with van der Waals surface area (Å²) in [6, 6.07) is 10.5. The van der Waals surface area contributed by atoms with Crippen molar-refractivity contribution in [1.82, 2.24) is 5.32 Å². The molecule has 28 heavy (non-hydrogen) atoms. The van der Waals surface area contributed by atoms with Gasteiger partial charge in [-0.1, -0.05) is 64.4 Å². The molecule has 0 bridgehead atoms. The third kappa shape index (κ3) is 19.1. The van der Waals surface area contributed by atoms with E-state index in [1.54, 1.807) is 6.92 Å². The minimum Gasteiger partial charge on any atom is -0.376 e. The third-order valence-corrected chi connectivity index (χ3v) is 3.54. The average Bonchev–Trinajstić information content (AvgIpc) is 2.67. The molecule has 0 spiro atoms. The monoisotopic (exact) mass is 395 g/mol. The predicted molar refractivity (Wildman–Crippen MR) is 119 cm³/mol. The Morgan fingerprint density at radius 1 is 1.07 bits per heavy atom. The quantitative estimate of drug-likeness (QED) is 0.376. The van der Waals surface area contributed by atoms with Crippen molar-refractivity contribution in [2.45, 2.75) is 86.2 Å². The zero-order valence-electron chi connectivity index (χ0n) is 19.1. The van der Waals surface area contributed by atoms with E-state index in [0.717, 1.165) is 12.0 Å². The smallest absolute Gasteiger partial charge is 0.207 e. The number of carbonyl (C=O) groups is 1. The van der Waals surface area contributed by atoms with Gasteiger partial charge in [0.1, 0.15) is 0 Å². The molecule has 1 N–H and O–H groups in total. The maximum absolute atomic E-state index is 13.6. The van der Waals surface area contributed by atoms with Crippen LogP contribution in [0.3, 0.4) is 0 Å². The molecule has 0 saturated carbocycles. The normalized spacial score (nSPS) is 11.3. The molecule has 1 rings (SSSR count). The summed E-state index contributed by atoms with van der Waals surface area (Å²) in [5, 5.41) is 2.54. The SMILES string of the molecule is CC/C(F)=C(/CCNC=O)CCOC(C)(C)C.CCC.CCc1ccccc1. The molecule has 4 heteroatoms. The Labute approximate surface area is 172 Å². The number of halogens is 1. The molecule has 1 aromatic carbocycles. The highest BCUT2D eigenvalue weighted by molar-refractivity contribution is 5.45. The van der Waals surface area contributed by atoms with Crippen molar-refractivity contribution in [2.24, 2.45) is 0 Å². The molecular weight excluding hydrogens is 353 g/mol. The lowest BCUT2D eigenvalue weighted by Crippen LogP contribution is -2.20. The Kier molecular flexibility index (Phi) is 19.0. The van der Waals surface area contributed by atoms with Crippen molar-refractivity contribution in [3.8, 4) is 0 Å². The minimum absolute atomic E-state index is 0.0878. The number of ether oxygens (including phenoxy) is 1. The fraction of sp³-hybridized carbons (Fsp3) is 0.625. The van der Waals surface area contributed by atoms with Crippen LogP contribution in [-0.4, -0.2) is 25.2 Å². The third-order valence-electron chi connectivity index (χ3n) is 3.54. The molecule has 0 aromatic heterocycles. The van der Waals surface area contributed by atoms with Crippen molar-refractivity contribution in [3.05, 3.63) is 47.3 Å². The lowest BCUT2D eigenvalue weighted by Gasteiger charge is -2.20. The number of allylic oxidation sites excluding steroid dienone is 1. The number of aryl methyl sites for hydroxylation is 1. The van der Waals surface area contributed by atoms with Crippen LogP contribution < -0.4 is 5.32 Å². The first-order chi connectivity index (χ1) is 13.2. The van der Waals surface area contributed by atoms with Gasteiger partial charge in [0.2, 0.25) is 6.41 Å². The Balaban J connectivity index is 0. The van der Waals surface area contributed by atoms with Gasteiger partial charge in [0.15, 0.2) is 0 Å². The van der Waals surface area contributed by atoms with E-state index in [1.807, 2.05) is 26.8 Å². The van der Waals surface area contributed by atoms with Gasteiger partial charge in [-0.05, 0) is 57.6 Å². The molecule has 0 fully saturated rings. The second-order valence-corrected chi connectivity index (χ2v) is 7.44. The van der Waals surface area contributed by atoms with Crippen LogP contribution in [0.15, 0.2) is 41.7 Å². The lowest BCUT2D eigenvalue weighted by atomic mass is 10.1. The summed E-state index contributed by atoms with van der Waals surface area (Å²) in [5.74, 6) is -0.0878. The Bertz CT molecular complexity index is 507. The van der Waals surface area contributed by atoms with E-state index in [9.17, 15) is 9.18 Å². The van der Waals surface area contributed by atoms with E-state index in [-0.39, 0.29) is 11.4 Å². The van der Waals surface area contributed by atoms with Gasteiger partial charge in [-0.15, -0.1) is 0 Å². The van der Waals surface area contributed by atoms with Crippen LogP contribution in [0.4, 0.5) is 4.39 Å². The van der Waals surface area contributed by atoms with Crippen LogP contribution >= 0.6 is 0 Å². The summed E-state index contributed by atoms with van der Waals surface area (Å²) < 4.78 is 19.1. The second kappa shape index (κ2) is 18.7. The van der Waals surface area contributed by atoms with Gasteiger partial charge >= 0.3 is 0 Å². The largest absolute Gasteiger partial charge is 0.376 e. The molecule has 0 atom stereocenters. The topological polar surface area (TPSA) is 38.3 Å². The van der Waals surface area contributed by atoms with Crippen molar-refractivity contribution in [1.29, 1.82) is 0 Å². The van der Waals surface area contributed by atoms with E-state index in [1.165, 1.54) is 12.0 Å². The van der Waals surface area contributed by atoms with Crippen molar-refractivity contribution < 1.29 is 13.9 Å². The van der Waals surface area contributed by atoms with Gasteiger partial charge in [-0.25, -0.2) is 4.39 Å². The zero-order chi connectivity index (χ0) is 21.8. The van der Waals surface area contributed by atoms with Gasteiger partial charge in [-0.3, -0.25) is 4.79 Å². The van der Waals surface area contributed by atoms with E-state index in [0.29, 0.717) is 38.8 Å². The highest BCUT2D eigenvalue weighted by atomic mass is 19.1. The number of rotatable bonds is 9. The first-order valence-electron chi connectivity index (χ1n) is 10.5. The summed E-state index contributed by atoms with van der Waals surface area (Å²) in [7, 11) is 0. The molecule has 0 saturated heterocycles. The van der Waals surface area contributed by atoms with Crippen LogP contribution in [-0.2, 0) is 16.0 Å². The molecular formula is C24H42FNO2. The molecule has 0 radical (unpaired) electrons. The first-order valence-corrected chi connectivity index (χ1v) is 10.5. The molecule has 162 valence electrons. The van der Waals surface area contributed by atoms with Crippen LogP contribution in [0.1, 0.15) is 79.7 Å². The highest BCUT2D eigenvalue weighted by Gasteiger charge is 2.11. The van der Waals surface area contributed by atoms with Gasteiger partial charge in [-0.2, -0.15) is 0 Å². The first kappa shape index (κ1) is 28.5. The zero-order valence-corrected chi connectivity index (χ0v) is 19.1. The molecule has 0 unspecified atom stereocenters. The molecule has 1 aromatic rings. The number of benzene rings is 1. The number of hydrogen-bond acceptors (Lipinski definition) is 2. The number of nitrogens with one attached hydrogen (secondary N) is 1. The molecule has 1 amide bonds. The van der Waals surface area contributed by atoms with Crippen molar-refractivity contribution in [3.63, 3.8) is 0 Å². The van der Waals surface area contributed by atoms with Crippen LogP contribution in [0, 0.1) is 0 Å².